The lowest BCUT2D eigenvalue weighted by Gasteiger charge is -2.38. The molecular weight excluding hydrogens is 222 g/mol. The number of anilines is 1. The second-order valence-corrected chi connectivity index (χ2v) is 5.64. The summed E-state index contributed by atoms with van der Waals surface area (Å²) in [5, 5.41) is 0. The summed E-state index contributed by atoms with van der Waals surface area (Å²) >= 11 is 0. The third-order valence-corrected chi connectivity index (χ3v) is 4.21. The monoisotopic (exact) mass is 247 g/mol. The molecule has 0 amide bonds. The summed E-state index contributed by atoms with van der Waals surface area (Å²) < 4.78 is 0. The van der Waals surface area contributed by atoms with Gasteiger partial charge in [0.1, 0.15) is 5.82 Å². The number of nitrogens with zero attached hydrogens (tertiary/aromatic N) is 2. The molecule has 1 aromatic heterocycles. The molecular formula is C15H25N3. The molecule has 0 spiro atoms. The molecule has 1 heterocycles. The first-order valence-electron chi connectivity index (χ1n) is 7.04. The van der Waals surface area contributed by atoms with E-state index in [1.54, 1.807) is 0 Å². The number of hydrogen-bond acceptors (Lipinski definition) is 3. The normalized spacial score (nSPS) is 25.8. The van der Waals surface area contributed by atoms with Gasteiger partial charge in [-0.05, 0) is 31.7 Å². The van der Waals surface area contributed by atoms with Crippen LogP contribution in [0.3, 0.4) is 0 Å². The predicted molar refractivity (Wildman–Crippen MR) is 76.7 cm³/mol. The van der Waals surface area contributed by atoms with Crippen LogP contribution in [0.4, 0.5) is 5.82 Å². The zero-order valence-corrected chi connectivity index (χ0v) is 11.8. The molecule has 0 saturated heterocycles. The summed E-state index contributed by atoms with van der Waals surface area (Å²) in [6.07, 6.45) is 7.17. The van der Waals surface area contributed by atoms with Crippen LogP contribution >= 0.6 is 0 Å². The smallest absolute Gasteiger partial charge is 0.133 e. The van der Waals surface area contributed by atoms with Crippen molar-refractivity contribution >= 4 is 5.82 Å². The fourth-order valence-corrected chi connectivity index (χ4v) is 3.09. The molecule has 1 aliphatic rings. The van der Waals surface area contributed by atoms with Crippen molar-refractivity contribution in [3.05, 3.63) is 23.9 Å². The maximum absolute atomic E-state index is 6.05. The van der Waals surface area contributed by atoms with Crippen LogP contribution in [0, 0.1) is 5.92 Å². The van der Waals surface area contributed by atoms with Crippen molar-refractivity contribution in [2.24, 2.45) is 11.7 Å². The van der Waals surface area contributed by atoms with Crippen LogP contribution in [0.5, 0.6) is 0 Å². The average Bonchev–Trinajstić information content (AvgIpc) is 2.38. The molecule has 0 aromatic carbocycles. The summed E-state index contributed by atoms with van der Waals surface area (Å²) in [7, 11) is 2.17. The maximum atomic E-state index is 6.05. The number of rotatable bonds is 3. The number of nitrogens with two attached hydrogens (primary N) is 1. The third-order valence-electron chi connectivity index (χ3n) is 4.21. The molecule has 2 rings (SSSR count). The predicted octanol–water partition coefficient (Wildman–Crippen LogP) is 3.12. The maximum Gasteiger partial charge on any atom is 0.133 e. The molecule has 1 aromatic rings. The van der Waals surface area contributed by atoms with Gasteiger partial charge in [-0.1, -0.05) is 25.8 Å². The van der Waals surface area contributed by atoms with Crippen molar-refractivity contribution < 1.29 is 0 Å². The second kappa shape index (κ2) is 5.70. The van der Waals surface area contributed by atoms with Gasteiger partial charge in [-0.3, -0.25) is 0 Å². The van der Waals surface area contributed by atoms with E-state index in [1.807, 2.05) is 19.2 Å². The zero-order chi connectivity index (χ0) is 13.1. The van der Waals surface area contributed by atoms with Crippen LogP contribution in [0.25, 0.3) is 0 Å². The minimum atomic E-state index is 0.0371. The molecule has 3 nitrogen and oxygen atoms in total. The SMILES string of the molecule is CC1CCCCC1N(C)c1ncccc1[C@H](C)N. The standard InChI is InChI=1S/C15H25N3/c1-11-7-4-5-9-14(11)18(3)15-13(12(2)16)8-6-10-17-15/h6,8,10-12,14H,4-5,7,9,16H2,1-3H3/t11?,12-,14?/m0/s1. The van der Waals surface area contributed by atoms with Gasteiger partial charge < -0.3 is 10.6 Å². The van der Waals surface area contributed by atoms with Crippen molar-refractivity contribution in [3.63, 3.8) is 0 Å². The second-order valence-electron chi connectivity index (χ2n) is 5.64. The highest BCUT2D eigenvalue weighted by Gasteiger charge is 2.27. The van der Waals surface area contributed by atoms with Crippen LogP contribution in [0.2, 0.25) is 0 Å². The first-order valence-corrected chi connectivity index (χ1v) is 7.04. The van der Waals surface area contributed by atoms with E-state index in [9.17, 15) is 0 Å². The molecule has 0 radical (unpaired) electrons. The number of pyridine rings is 1. The summed E-state index contributed by atoms with van der Waals surface area (Å²) in [5.74, 6) is 1.80. The summed E-state index contributed by atoms with van der Waals surface area (Å²) in [6.45, 7) is 4.38. The lowest BCUT2D eigenvalue weighted by Crippen LogP contribution is -2.40. The lowest BCUT2D eigenvalue weighted by molar-refractivity contribution is 0.320. The van der Waals surface area contributed by atoms with E-state index in [2.05, 4.69) is 29.9 Å². The van der Waals surface area contributed by atoms with Gasteiger partial charge in [0.25, 0.3) is 0 Å². The Bertz CT molecular complexity index is 389. The Labute approximate surface area is 110 Å². The lowest BCUT2D eigenvalue weighted by atomic mass is 9.85. The van der Waals surface area contributed by atoms with E-state index in [0.29, 0.717) is 6.04 Å². The van der Waals surface area contributed by atoms with Gasteiger partial charge in [0.15, 0.2) is 0 Å². The Kier molecular flexibility index (Phi) is 4.23. The van der Waals surface area contributed by atoms with E-state index in [-0.39, 0.29) is 6.04 Å². The quantitative estimate of drug-likeness (QED) is 0.892. The first-order chi connectivity index (χ1) is 8.61. The molecule has 2 N–H and O–H groups in total. The van der Waals surface area contributed by atoms with E-state index < -0.39 is 0 Å². The van der Waals surface area contributed by atoms with Gasteiger partial charge in [0, 0.05) is 30.9 Å². The Hall–Kier alpha value is -1.09. The van der Waals surface area contributed by atoms with Gasteiger partial charge >= 0.3 is 0 Å². The molecule has 1 saturated carbocycles. The van der Waals surface area contributed by atoms with Crippen molar-refractivity contribution in [2.45, 2.75) is 51.6 Å². The molecule has 100 valence electrons. The molecule has 1 aliphatic carbocycles. The van der Waals surface area contributed by atoms with Crippen LogP contribution in [-0.2, 0) is 0 Å². The molecule has 0 aliphatic heterocycles. The molecule has 0 bridgehead atoms. The fraction of sp³-hybridized carbons (Fsp3) is 0.667. The molecule has 3 heteroatoms. The Balaban J connectivity index is 2.24. The van der Waals surface area contributed by atoms with Gasteiger partial charge in [0.2, 0.25) is 0 Å². The first kappa shape index (κ1) is 13.3. The van der Waals surface area contributed by atoms with Crippen LogP contribution in [-0.4, -0.2) is 18.1 Å². The summed E-state index contributed by atoms with van der Waals surface area (Å²) in [5.41, 5.74) is 7.20. The third kappa shape index (κ3) is 2.66. The Morgan fingerprint density at radius 1 is 1.39 bits per heavy atom. The largest absolute Gasteiger partial charge is 0.356 e. The van der Waals surface area contributed by atoms with Gasteiger partial charge in [-0.2, -0.15) is 0 Å². The van der Waals surface area contributed by atoms with Crippen LogP contribution in [0.15, 0.2) is 18.3 Å². The van der Waals surface area contributed by atoms with Crippen molar-refractivity contribution in [1.29, 1.82) is 0 Å². The van der Waals surface area contributed by atoms with Crippen LogP contribution in [0.1, 0.15) is 51.1 Å². The average molecular weight is 247 g/mol. The van der Waals surface area contributed by atoms with Crippen LogP contribution < -0.4 is 10.6 Å². The van der Waals surface area contributed by atoms with Gasteiger partial charge in [-0.15, -0.1) is 0 Å². The van der Waals surface area contributed by atoms with Crippen molar-refractivity contribution in [1.82, 2.24) is 4.98 Å². The molecule has 2 unspecified atom stereocenters. The summed E-state index contributed by atoms with van der Waals surface area (Å²) in [6, 6.07) is 4.71. The molecule has 3 atom stereocenters. The Morgan fingerprint density at radius 2 is 2.11 bits per heavy atom. The number of aromatic nitrogens is 1. The molecule has 18 heavy (non-hydrogen) atoms. The van der Waals surface area contributed by atoms with Crippen molar-refractivity contribution in [2.75, 3.05) is 11.9 Å². The highest BCUT2D eigenvalue weighted by Crippen LogP contribution is 2.32. The fourth-order valence-electron chi connectivity index (χ4n) is 3.09. The summed E-state index contributed by atoms with van der Waals surface area (Å²) in [4.78, 5) is 6.91. The minimum Gasteiger partial charge on any atom is -0.356 e. The van der Waals surface area contributed by atoms with Gasteiger partial charge in [0.05, 0.1) is 0 Å². The van der Waals surface area contributed by atoms with Crippen molar-refractivity contribution in [3.8, 4) is 0 Å². The van der Waals surface area contributed by atoms with Gasteiger partial charge in [-0.25, -0.2) is 4.98 Å². The Morgan fingerprint density at radius 3 is 2.78 bits per heavy atom. The zero-order valence-electron chi connectivity index (χ0n) is 11.8. The van der Waals surface area contributed by atoms with E-state index in [4.69, 9.17) is 5.73 Å². The highest BCUT2D eigenvalue weighted by molar-refractivity contribution is 5.48. The van der Waals surface area contributed by atoms with E-state index in [1.165, 1.54) is 25.7 Å². The van der Waals surface area contributed by atoms with E-state index in [0.717, 1.165) is 17.3 Å². The van der Waals surface area contributed by atoms with E-state index >= 15 is 0 Å². The topological polar surface area (TPSA) is 42.2 Å². The molecule has 1 fully saturated rings. The highest BCUT2D eigenvalue weighted by atomic mass is 15.2. The minimum absolute atomic E-state index is 0.0371. The number of hydrogen-bond donors (Lipinski definition) is 1.